The van der Waals surface area contributed by atoms with Gasteiger partial charge in [-0.3, -0.25) is 4.79 Å². The zero-order valence-corrected chi connectivity index (χ0v) is 9.99. The molecule has 0 rings (SSSR count). The van der Waals surface area contributed by atoms with Gasteiger partial charge in [-0.05, 0) is 18.8 Å². The molecule has 0 aliphatic heterocycles. The molecule has 0 saturated heterocycles. The standard InChI is InChI=1S/C11H24N2O2/c1-4-8(3)10(12)11(15)13-9(5-2)6-7-14/h8-10,14H,4-7,12H2,1-3H3,(H,13,15)/t8-,9?,10-/m0/s1. The first-order chi connectivity index (χ1) is 7.06. The monoisotopic (exact) mass is 216 g/mol. The summed E-state index contributed by atoms with van der Waals surface area (Å²) in [4.78, 5) is 11.7. The zero-order chi connectivity index (χ0) is 11.8. The van der Waals surface area contributed by atoms with Crippen LogP contribution < -0.4 is 11.1 Å². The number of aliphatic hydroxyl groups excluding tert-OH is 1. The molecular weight excluding hydrogens is 192 g/mol. The fourth-order valence-corrected chi connectivity index (χ4v) is 1.34. The molecule has 4 heteroatoms. The summed E-state index contributed by atoms with van der Waals surface area (Å²) in [6.45, 7) is 6.06. The van der Waals surface area contributed by atoms with Gasteiger partial charge in [0.2, 0.25) is 5.91 Å². The van der Waals surface area contributed by atoms with Crippen LogP contribution in [0.3, 0.4) is 0 Å². The van der Waals surface area contributed by atoms with E-state index in [2.05, 4.69) is 5.32 Å². The van der Waals surface area contributed by atoms with Crippen LogP contribution in [0.5, 0.6) is 0 Å². The van der Waals surface area contributed by atoms with E-state index in [0.29, 0.717) is 6.42 Å². The summed E-state index contributed by atoms with van der Waals surface area (Å²) in [6, 6.07) is -0.402. The molecule has 1 amide bonds. The Morgan fingerprint density at radius 1 is 1.40 bits per heavy atom. The topological polar surface area (TPSA) is 75.3 Å². The Balaban J connectivity index is 4.09. The number of hydrogen-bond donors (Lipinski definition) is 3. The van der Waals surface area contributed by atoms with E-state index in [1.54, 1.807) is 0 Å². The third kappa shape index (κ3) is 5.14. The summed E-state index contributed by atoms with van der Waals surface area (Å²) < 4.78 is 0. The van der Waals surface area contributed by atoms with Crippen molar-refractivity contribution in [2.45, 2.75) is 52.1 Å². The molecule has 0 bridgehead atoms. The first-order valence-corrected chi connectivity index (χ1v) is 5.73. The molecule has 0 aliphatic rings. The van der Waals surface area contributed by atoms with E-state index >= 15 is 0 Å². The van der Waals surface area contributed by atoms with Gasteiger partial charge in [-0.2, -0.15) is 0 Å². The van der Waals surface area contributed by atoms with Gasteiger partial charge in [-0.15, -0.1) is 0 Å². The number of carbonyl (C=O) groups excluding carboxylic acids is 1. The first kappa shape index (κ1) is 14.4. The Morgan fingerprint density at radius 3 is 2.40 bits per heavy atom. The highest BCUT2D eigenvalue weighted by atomic mass is 16.3. The lowest BCUT2D eigenvalue weighted by Crippen LogP contribution is -2.48. The van der Waals surface area contributed by atoms with Crippen molar-refractivity contribution in [2.24, 2.45) is 11.7 Å². The van der Waals surface area contributed by atoms with Crippen LogP contribution in [0, 0.1) is 5.92 Å². The second-order valence-corrected chi connectivity index (χ2v) is 4.04. The fourth-order valence-electron chi connectivity index (χ4n) is 1.34. The van der Waals surface area contributed by atoms with Crippen molar-refractivity contribution in [3.63, 3.8) is 0 Å². The van der Waals surface area contributed by atoms with E-state index in [1.165, 1.54) is 0 Å². The van der Waals surface area contributed by atoms with Crippen molar-refractivity contribution in [1.82, 2.24) is 5.32 Å². The SMILES string of the molecule is CCC(CCO)NC(=O)[C@@H](N)[C@@H](C)CC. The summed E-state index contributed by atoms with van der Waals surface area (Å²) in [5.41, 5.74) is 5.80. The molecule has 4 nitrogen and oxygen atoms in total. The van der Waals surface area contributed by atoms with Crippen LogP contribution in [0.15, 0.2) is 0 Å². The van der Waals surface area contributed by atoms with Crippen LogP contribution in [-0.4, -0.2) is 29.7 Å². The van der Waals surface area contributed by atoms with Gasteiger partial charge >= 0.3 is 0 Å². The first-order valence-electron chi connectivity index (χ1n) is 5.73. The molecule has 0 radical (unpaired) electrons. The van der Waals surface area contributed by atoms with Gasteiger partial charge in [0.05, 0.1) is 6.04 Å². The van der Waals surface area contributed by atoms with E-state index in [0.717, 1.165) is 12.8 Å². The van der Waals surface area contributed by atoms with Gasteiger partial charge in [0.15, 0.2) is 0 Å². The number of amides is 1. The number of hydrogen-bond acceptors (Lipinski definition) is 3. The molecule has 1 unspecified atom stereocenters. The van der Waals surface area contributed by atoms with Crippen molar-refractivity contribution in [3.05, 3.63) is 0 Å². The van der Waals surface area contributed by atoms with Gasteiger partial charge in [0.1, 0.15) is 0 Å². The molecule has 0 aliphatic carbocycles. The smallest absolute Gasteiger partial charge is 0.237 e. The van der Waals surface area contributed by atoms with Crippen LogP contribution >= 0.6 is 0 Å². The molecule has 15 heavy (non-hydrogen) atoms. The second-order valence-electron chi connectivity index (χ2n) is 4.04. The van der Waals surface area contributed by atoms with Gasteiger partial charge < -0.3 is 16.2 Å². The van der Waals surface area contributed by atoms with Crippen molar-refractivity contribution in [2.75, 3.05) is 6.61 Å². The van der Waals surface area contributed by atoms with Gasteiger partial charge in [-0.1, -0.05) is 27.2 Å². The Bertz CT molecular complexity index is 185. The third-order valence-corrected chi connectivity index (χ3v) is 2.88. The van der Waals surface area contributed by atoms with Crippen LogP contribution in [0.1, 0.15) is 40.0 Å². The predicted octanol–water partition coefficient (Wildman–Crippen LogP) is 0.637. The highest BCUT2D eigenvalue weighted by Crippen LogP contribution is 2.06. The Labute approximate surface area is 92.2 Å². The molecule has 90 valence electrons. The predicted molar refractivity (Wildman–Crippen MR) is 61.4 cm³/mol. The van der Waals surface area contributed by atoms with Crippen LogP contribution in [0.2, 0.25) is 0 Å². The van der Waals surface area contributed by atoms with Crippen molar-refractivity contribution >= 4 is 5.91 Å². The Morgan fingerprint density at radius 2 is 2.00 bits per heavy atom. The maximum atomic E-state index is 11.7. The van der Waals surface area contributed by atoms with E-state index in [4.69, 9.17) is 10.8 Å². The molecule has 0 aromatic heterocycles. The van der Waals surface area contributed by atoms with E-state index in [9.17, 15) is 4.79 Å². The average Bonchev–Trinajstić information content (AvgIpc) is 2.26. The number of nitrogens with one attached hydrogen (secondary N) is 1. The molecule has 4 N–H and O–H groups in total. The highest BCUT2D eigenvalue weighted by molar-refractivity contribution is 5.82. The Kier molecular flexibility index (Phi) is 7.34. The van der Waals surface area contributed by atoms with Crippen LogP contribution in [-0.2, 0) is 4.79 Å². The minimum absolute atomic E-state index is 0.0395. The summed E-state index contributed by atoms with van der Waals surface area (Å²) in [5.74, 6) is 0.0845. The highest BCUT2D eigenvalue weighted by Gasteiger charge is 2.21. The number of nitrogens with two attached hydrogens (primary N) is 1. The lowest BCUT2D eigenvalue weighted by Gasteiger charge is -2.22. The molecule has 0 spiro atoms. The molecule has 0 aromatic carbocycles. The molecule has 0 aromatic rings. The minimum atomic E-state index is -0.442. The Hall–Kier alpha value is -0.610. The lowest BCUT2D eigenvalue weighted by molar-refractivity contribution is -0.124. The normalized spacial score (nSPS) is 16.9. The summed E-state index contributed by atoms with van der Waals surface area (Å²) in [5, 5.41) is 11.7. The maximum Gasteiger partial charge on any atom is 0.237 e. The van der Waals surface area contributed by atoms with Crippen molar-refractivity contribution in [3.8, 4) is 0 Å². The van der Waals surface area contributed by atoms with E-state index in [1.807, 2.05) is 20.8 Å². The van der Waals surface area contributed by atoms with Gasteiger partial charge in [0, 0.05) is 12.6 Å². The number of carbonyl (C=O) groups is 1. The van der Waals surface area contributed by atoms with Crippen molar-refractivity contribution < 1.29 is 9.90 Å². The van der Waals surface area contributed by atoms with E-state index < -0.39 is 6.04 Å². The summed E-state index contributed by atoms with van der Waals surface area (Å²) in [7, 11) is 0. The molecule has 3 atom stereocenters. The second kappa shape index (κ2) is 7.65. The minimum Gasteiger partial charge on any atom is -0.396 e. The van der Waals surface area contributed by atoms with Gasteiger partial charge in [0.25, 0.3) is 0 Å². The fraction of sp³-hybridized carbons (Fsp3) is 0.909. The summed E-state index contributed by atoms with van der Waals surface area (Å²) in [6.07, 6.45) is 2.31. The lowest BCUT2D eigenvalue weighted by atomic mass is 9.99. The van der Waals surface area contributed by atoms with Crippen LogP contribution in [0.25, 0.3) is 0 Å². The quantitative estimate of drug-likeness (QED) is 0.584. The average molecular weight is 216 g/mol. The maximum absolute atomic E-state index is 11.7. The number of rotatable bonds is 7. The summed E-state index contributed by atoms with van der Waals surface area (Å²) >= 11 is 0. The molecule has 0 fully saturated rings. The molecular formula is C11H24N2O2. The van der Waals surface area contributed by atoms with E-state index in [-0.39, 0.29) is 24.5 Å². The number of aliphatic hydroxyl groups is 1. The van der Waals surface area contributed by atoms with Crippen LogP contribution in [0.4, 0.5) is 0 Å². The van der Waals surface area contributed by atoms with Gasteiger partial charge in [-0.25, -0.2) is 0 Å². The molecule has 0 saturated carbocycles. The third-order valence-electron chi connectivity index (χ3n) is 2.88. The molecule has 0 heterocycles. The largest absolute Gasteiger partial charge is 0.396 e. The van der Waals surface area contributed by atoms with Crippen molar-refractivity contribution in [1.29, 1.82) is 0 Å². The zero-order valence-electron chi connectivity index (χ0n) is 9.99.